The summed E-state index contributed by atoms with van der Waals surface area (Å²) < 4.78 is 39.9. The van der Waals surface area contributed by atoms with Crippen LogP contribution in [0.5, 0.6) is 11.6 Å². The number of allylic oxidation sites excluding steroid dienone is 1. The minimum atomic E-state index is -3.83. The largest absolute Gasteiger partial charge is 0.496 e. The molecule has 5 atom stereocenters. The first kappa shape index (κ1) is 34.0. The molecule has 12 nitrogen and oxygen atoms in total. The van der Waals surface area contributed by atoms with Crippen molar-refractivity contribution in [3.8, 4) is 23.0 Å². The number of methoxy groups -OCH3 is 1. The smallest absolute Gasteiger partial charge is 0.259 e. The number of nitrogens with zero attached hydrogens (tertiary/aromatic N) is 3. The Bertz CT molecular complexity index is 1970. The third kappa shape index (κ3) is 6.55. The minimum absolute atomic E-state index is 0.163. The molecule has 0 bridgehead atoms. The van der Waals surface area contributed by atoms with Crippen molar-refractivity contribution in [2.24, 2.45) is 17.8 Å². The summed E-state index contributed by atoms with van der Waals surface area (Å²) in [6, 6.07) is 13.2. The molecule has 2 heterocycles. The average molecular weight is 702 g/mol. The van der Waals surface area contributed by atoms with E-state index in [2.05, 4.69) is 10.0 Å². The fourth-order valence-corrected chi connectivity index (χ4v) is 8.73. The fourth-order valence-electron chi connectivity index (χ4n) is 7.36. The molecule has 264 valence electrons. The standard InChI is InChI=1S/C37H43N5O7S/c1-22-30(48-3)17-16-27-31(22)38-32(23-11-7-6-8-12-23)39-34(27)49-25-19-28-29(20-25)35(44)42(2)18-10-5-4-9-13-24-21-37(24,40-33(28)43)36(45)41-50(46,47)26-14-15-26/h6-9,11-13,16-17,24-26,28-29H,4-5,10,14-15,18-21H2,1-3H3,(H,40,43)(H,41,45)/b13-9-/t24-,25+,28+,29+,37+/m0/s1. The van der Waals surface area contributed by atoms with Crippen molar-refractivity contribution in [1.29, 1.82) is 0 Å². The molecule has 3 amide bonds. The van der Waals surface area contributed by atoms with Gasteiger partial charge in [0, 0.05) is 30.6 Å². The van der Waals surface area contributed by atoms with Crippen LogP contribution in [-0.4, -0.2) is 78.6 Å². The summed E-state index contributed by atoms with van der Waals surface area (Å²) in [5, 5.41) is 3.03. The molecule has 7 rings (SSSR count). The molecule has 1 aromatic heterocycles. The third-order valence-electron chi connectivity index (χ3n) is 10.6. The van der Waals surface area contributed by atoms with E-state index < -0.39 is 50.6 Å². The first-order valence-corrected chi connectivity index (χ1v) is 18.9. The minimum Gasteiger partial charge on any atom is -0.496 e. The molecule has 50 heavy (non-hydrogen) atoms. The Balaban J connectivity index is 1.21. The van der Waals surface area contributed by atoms with Crippen LogP contribution in [0, 0.1) is 24.7 Å². The van der Waals surface area contributed by atoms with Crippen molar-refractivity contribution in [3.05, 3.63) is 60.2 Å². The van der Waals surface area contributed by atoms with E-state index >= 15 is 0 Å². The maximum atomic E-state index is 14.2. The number of nitrogens with one attached hydrogen (secondary N) is 2. The highest BCUT2D eigenvalue weighted by molar-refractivity contribution is 7.91. The van der Waals surface area contributed by atoms with Crippen molar-refractivity contribution in [1.82, 2.24) is 24.9 Å². The van der Waals surface area contributed by atoms with Crippen LogP contribution in [0.2, 0.25) is 0 Å². The second-order valence-corrected chi connectivity index (χ2v) is 16.0. The molecule has 0 saturated heterocycles. The second-order valence-electron chi connectivity index (χ2n) is 14.1. The SMILES string of the molecule is COc1ccc2c(O[C@@H]3C[C@H]4C(=O)N[C@]5(C(=O)NS(=O)(=O)C6CC6)C[C@@H]5/C=C\CCCCN(C)C(=O)[C@@H]4C3)nc(-c3ccccc3)nc2c1C. The Hall–Kier alpha value is -4.52. The number of aromatic nitrogens is 2. The molecule has 2 aromatic carbocycles. The quantitative estimate of drug-likeness (QED) is 0.347. The summed E-state index contributed by atoms with van der Waals surface area (Å²) in [6.07, 6.45) is 7.47. The molecule has 3 fully saturated rings. The van der Waals surface area contributed by atoms with Gasteiger partial charge in [0.05, 0.1) is 35.1 Å². The lowest BCUT2D eigenvalue weighted by atomic mass is 9.93. The van der Waals surface area contributed by atoms with Gasteiger partial charge in [0.1, 0.15) is 17.4 Å². The lowest BCUT2D eigenvalue weighted by Gasteiger charge is -2.26. The number of rotatable bonds is 7. The monoisotopic (exact) mass is 701 g/mol. The van der Waals surface area contributed by atoms with Gasteiger partial charge in [-0.3, -0.25) is 19.1 Å². The summed E-state index contributed by atoms with van der Waals surface area (Å²) in [5.74, 6) is -1.74. The van der Waals surface area contributed by atoms with Crippen LogP contribution in [-0.2, 0) is 24.4 Å². The first-order valence-electron chi connectivity index (χ1n) is 17.4. The second kappa shape index (κ2) is 13.3. The van der Waals surface area contributed by atoms with E-state index in [0.29, 0.717) is 47.7 Å². The van der Waals surface area contributed by atoms with Gasteiger partial charge in [-0.05, 0) is 70.4 Å². The highest BCUT2D eigenvalue weighted by Crippen LogP contribution is 2.47. The molecule has 1 aliphatic heterocycles. The number of sulfonamides is 1. The van der Waals surface area contributed by atoms with E-state index in [1.54, 1.807) is 19.1 Å². The van der Waals surface area contributed by atoms with Crippen LogP contribution >= 0.6 is 0 Å². The Labute approximate surface area is 292 Å². The summed E-state index contributed by atoms with van der Waals surface area (Å²) in [7, 11) is -0.471. The molecule has 13 heteroatoms. The third-order valence-corrected chi connectivity index (χ3v) is 12.4. The Morgan fingerprint density at radius 2 is 1.80 bits per heavy atom. The molecule has 4 aliphatic rings. The summed E-state index contributed by atoms with van der Waals surface area (Å²) in [4.78, 5) is 53.1. The molecule has 3 saturated carbocycles. The summed E-state index contributed by atoms with van der Waals surface area (Å²) in [6.45, 7) is 2.47. The van der Waals surface area contributed by atoms with Crippen LogP contribution in [0.15, 0.2) is 54.6 Å². The van der Waals surface area contributed by atoms with Crippen LogP contribution < -0.4 is 19.5 Å². The molecule has 0 spiro atoms. The fraction of sp³-hybridized carbons (Fsp3) is 0.486. The van der Waals surface area contributed by atoms with E-state index in [1.165, 1.54) is 0 Å². The van der Waals surface area contributed by atoms with E-state index in [0.717, 1.165) is 30.4 Å². The number of hydrogen-bond donors (Lipinski definition) is 2. The lowest BCUT2D eigenvalue weighted by Crippen LogP contribution is -2.54. The highest BCUT2D eigenvalue weighted by atomic mass is 32.2. The number of hydrogen-bond acceptors (Lipinski definition) is 9. The van der Waals surface area contributed by atoms with Gasteiger partial charge in [0.25, 0.3) is 5.91 Å². The Morgan fingerprint density at radius 1 is 1.04 bits per heavy atom. The zero-order chi connectivity index (χ0) is 35.2. The van der Waals surface area contributed by atoms with Gasteiger partial charge in [-0.15, -0.1) is 0 Å². The topological polar surface area (TPSA) is 157 Å². The van der Waals surface area contributed by atoms with Gasteiger partial charge in [-0.2, -0.15) is 4.98 Å². The predicted molar refractivity (Wildman–Crippen MR) is 187 cm³/mol. The van der Waals surface area contributed by atoms with Crippen molar-refractivity contribution < 1.29 is 32.3 Å². The van der Waals surface area contributed by atoms with Gasteiger partial charge >= 0.3 is 0 Å². The van der Waals surface area contributed by atoms with E-state index in [4.69, 9.17) is 19.4 Å². The van der Waals surface area contributed by atoms with Crippen LogP contribution in [0.1, 0.15) is 56.9 Å². The van der Waals surface area contributed by atoms with E-state index in [-0.39, 0.29) is 31.1 Å². The lowest BCUT2D eigenvalue weighted by molar-refractivity contribution is -0.140. The van der Waals surface area contributed by atoms with Crippen LogP contribution in [0.3, 0.4) is 0 Å². The van der Waals surface area contributed by atoms with Gasteiger partial charge in [-0.1, -0.05) is 42.5 Å². The van der Waals surface area contributed by atoms with E-state index in [1.807, 2.05) is 61.5 Å². The number of amides is 3. The van der Waals surface area contributed by atoms with Crippen molar-refractivity contribution in [2.75, 3.05) is 20.7 Å². The Kier molecular flexibility index (Phi) is 9.04. The number of carbonyl (C=O) groups excluding carboxylic acids is 3. The normalized spacial score (nSPS) is 27.8. The van der Waals surface area contributed by atoms with Gasteiger partial charge in [0.15, 0.2) is 5.82 Å². The van der Waals surface area contributed by atoms with Gasteiger partial charge in [0.2, 0.25) is 27.7 Å². The highest BCUT2D eigenvalue weighted by Gasteiger charge is 2.62. The number of benzene rings is 2. The molecule has 0 unspecified atom stereocenters. The van der Waals surface area contributed by atoms with Crippen molar-refractivity contribution in [3.63, 3.8) is 0 Å². The number of aryl methyl sites for hydroxylation is 1. The number of carbonyl (C=O) groups is 3. The maximum absolute atomic E-state index is 14.2. The average Bonchev–Trinajstić information content (AvgIpc) is 4.03. The predicted octanol–water partition coefficient (Wildman–Crippen LogP) is 4.07. The summed E-state index contributed by atoms with van der Waals surface area (Å²) in [5.41, 5.74) is 0.894. The molecule has 2 N–H and O–H groups in total. The molecular formula is C37H43N5O7S. The van der Waals surface area contributed by atoms with Crippen LogP contribution in [0.25, 0.3) is 22.3 Å². The Morgan fingerprint density at radius 3 is 2.54 bits per heavy atom. The number of ether oxygens (including phenoxy) is 2. The van der Waals surface area contributed by atoms with Gasteiger partial charge < -0.3 is 19.7 Å². The number of fused-ring (bicyclic) bond motifs is 3. The molecule has 3 aliphatic carbocycles. The van der Waals surface area contributed by atoms with Crippen molar-refractivity contribution >= 4 is 38.6 Å². The first-order chi connectivity index (χ1) is 24.0. The van der Waals surface area contributed by atoms with Crippen LogP contribution in [0.4, 0.5) is 0 Å². The van der Waals surface area contributed by atoms with Crippen molar-refractivity contribution in [2.45, 2.75) is 75.2 Å². The van der Waals surface area contributed by atoms with Gasteiger partial charge in [-0.25, -0.2) is 13.4 Å². The molecule has 0 radical (unpaired) electrons. The maximum Gasteiger partial charge on any atom is 0.259 e. The molecular weight excluding hydrogens is 659 g/mol. The zero-order valence-electron chi connectivity index (χ0n) is 28.6. The van der Waals surface area contributed by atoms with E-state index in [9.17, 15) is 22.8 Å². The zero-order valence-corrected chi connectivity index (χ0v) is 29.4. The molecule has 3 aromatic rings. The summed E-state index contributed by atoms with van der Waals surface area (Å²) >= 11 is 0.